The van der Waals surface area contributed by atoms with E-state index in [1.807, 2.05) is 26.0 Å². The Morgan fingerprint density at radius 1 is 1.00 bits per heavy atom. The fraction of sp³-hybridized carbons (Fsp3) is 0.478. The highest BCUT2D eigenvalue weighted by Gasteiger charge is 2.35. The molecule has 1 aliphatic rings. The van der Waals surface area contributed by atoms with Crippen LogP contribution < -0.4 is 0 Å². The van der Waals surface area contributed by atoms with Gasteiger partial charge < -0.3 is 9.05 Å². The number of hydrogen-bond donors (Lipinski definition) is 0. The molecule has 0 amide bonds. The molecule has 1 aliphatic heterocycles. The Morgan fingerprint density at radius 3 is 2.42 bits per heavy atom. The van der Waals surface area contributed by atoms with Gasteiger partial charge in [-0.3, -0.25) is 14.5 Å². The SMILES string of the molecule is Cc1noc(C)c1-c1nc(CN2CCCN(Cc3ccc(-c4cc(C(F)(F)F)n(C)n4)s3)CC2)no1. The molecule has 0 spiro atoms. The molecule has 192 valence electrons. The van der Waals surface area contributed by atoms with Gasteiger partial charge in [-0.15, -0.1) is 11.3 Å². The van der Waals surface area contributed by atoms with Crippen LogP contribution in [-0.4, -0.2) is 61.1 Å². The molecule has 0 unspecified atom stereocenters. The van der Waals surface area contributed by atoms with Gasteiger partial charge in [0.2, 0.25) is 0 Å². The molecule has 13 heteroatoms. The van der Waals surface area contributed by atoms with Gasteiger partial charge in [0.25, 0.3) is 5.89 Å². The summed E-state index contributed by atoms with van der Waals surface area (Å²) in [5.74, 6) is 1.69. The number of rotatable bonds is 6. The van der Waals surface area contributed by atoms with E-state index in [2.05, 4.69) is 30.2 Å². The average Bonchev–Trinajstić information content (AvgIpc) is 3.57. The van der Waals surface area contributed by atoms with Crippen molar-refractivity contribution in [3.05, 3.63) is 46.0 Å². The minimum absolute atomic E-state index is 0.346. The van der Waals surface area contributed by atoms with Crippen molar-refractivity contribution < 1.29 is 22.2 Å². The molecule has 0 atom stereocenters. The lowest BCUT2D eigenvalue weighted by molar-refractivity contribution is -0.143. The zero-order valence-electron chi connectivity index (χ0n) is 20.2. The lowest BCUT2D eigenvalue weighted by Gasteiger charge is -2.20. The van der Waals surface area contributed by atoms with E-state index < -0.39 is 11.9 Å². The van der Waals surface area contributed by atoms with Gasteiger partial charge in [0.1, 0.15) is 22.7 Å². The quantitative estimate of drug-likeness (QED) is 0.366. The molecule has 4 aromatic heterocycles. The molecule has 0 saturated carbocycles. The van der Waals surface area contributed by atoms with E-state index in [9.17, 15) is 13.2 Å². The Balaban J connectivity index is 1.18. The number of aromatic nitrogens is 5. The Morgan fingerprint density at radius 2 is 1.75 bits per heavy atom. The molecule has 0 bridgehead atoms. The third-order valence-corrected chi connectivity index (χ3v) is 7.32. The first-order valence-corrected chi connectivity index (χ1v) is 12.4. The highest BCUT2D eigenvalue weighted by molar-refractivity contribution is 7.15. The van der Waals surface area contributed by atoms with Gasteiger partial charge in [0, 0.05) is 31.6 Å². The van der Waals surface area contributed by atoms with Crippen LogP contribution in [0.1, 0.15) is 34.3 Å². The van der Waals surface area contributed by atoms with Gasteiger partial charge in [-0.1, -0.05) is 10.3 Å². The Hall–Kier alpha value is -3.03. The molecule has 36 heavy (non-hydrogen) atoms. The summed E-state index contributed by atoms with van der Waals surface area (Å²) in [5.41, 5.74) is 1.06. The van der Waals surface area contributed by atoms with Crippen molar-refractivity contribution >= 4 is 11.3 Å². The van der Waals surface area contributed by atoms with Crippen molar-refractivity contribution in [1.82, 2.24) is 34.9 Å². The van der Waals surface area contributed by atoms with Crippen molar-refractivity contribution in [3.63, 3.8) is 0 Å². The molecule has 1 saturated heterocycles. The maximum absolute atomic E-state index is 13.1. The van der Waals surface area contributed by atoms with Gasteiger partial charge in [-0.25, -0.2) is 0 Å². The lowest BCUT2D eigenvalue weighted by Crippen LogP contribution is -2.30. The van der Waals surface area contributed by atoms with Gasteiger partial charge >= 0.3 is 6.18 Å². The number of nitrogens with zero attached hydrogens (tertiary/aromatic N) is 7. The van der Waals surface area contributed by atoms with Crippen LogP contribution in [0.15, 0.2) is 27.2 Å². The Kier molecular flexibility index (Phi) is 6.70. The fourth-order valence-electron chi connectivity index (χ4n) is 4.42. The maximum atomic E-state index is 13.1. The topological polar surface area (TPSA) is 89.3 Å². The van der Waals surface area contributed by atoms with Gasteiger partial charge in [-0.2, -0.15) is 23.3 Å². The first-order chi connectivity index (χ1) is 17.2. The second-order valence-electron chi connectivity index (χ2n) is 8.92. The summed E-state index contributed by atoms with van der Waals surface area (Å²) in [5, 5.41) is 12.1. The first-order valence-electron chi connectivity index (χ1n) is 11.6. The van der Waals surface area contributed by atoms with Gasteiger partial charge in [0.15, 0.2) is 5.82 Å². The second kappa shape index (κ2) is 9.79. The molecule has 0 radical (unpaired) electrons. The largest absolute Gasteiger partial charge is 0.433 e. The zero-order chi connectivity index (χ0) is 25.4. The van der Waals surface area contributed by atoms with Crippen LogP contribution in [0.5, 0.6) is 0 Å². The molecule has 5 heterocycles. The summed E-state index contributed by atoms with van der Waals surface area (Å²) in [6.45, 7) is 8.55. The summed E-state index contributed by atoms with van der Waals surface area (Å²) in [6, 6.07) is 4.92. The van der Waals surface area contributed by atoms with Crippen LogP contribution in [0, 0.1) is 13.8 Å². The van der Waals surface area contributed by atoms with E-state index in [0.29, 0.717) is 35.4 Å². The van der Waals surface area contributed by atoms with Crippen molar-refractivity contribution in [3.8, 4) is 22.0 Å². The minimum atomic E-state index is -4.42. The molecule has 0 aliphatic carbocycles. The number of alkyl halides is 3. The highest BCUT2D eigenvalue weighted by atomic mass is 32.1. The predicted molar refractivity (Wildman–Crippen MR) is 126 cm³/mol. The first kappa shape index (κ1) is 24.7. The Labute approximate surface area is 209 Å². The molecule has 1 fully saturated rings. The van der Waals surface area contributed by atoms with E-state index in [1.54, 1.807) is 0 Å². The van der Waals surface area contributed by atoms with Crippen LogP contribution in [0.4, 0.5) is 13.2 Å². The smallest absolute Gasteiger partial charge is 0.361 e. The number of hydrogen-bond acceptors (Lipinski definition) is 9. The summed E-state index contributed by atoms with van der Waals surface area (Å²) in [6.07, 6.45) is -3.43. The molecule has 0 N–H and O–H groups in total. The van der Waals surface area contributed by atoms with E-state index >= 15 is 0 Å². The average molecular weight is 522 g/mol. The van der Waals surface area contributed by atoms with Crippen LogP contribution >= 0.6 is 11.3 Å². The molecular weight excluding hydrogens is 495 g/mol. The van der Waals surface area contributed by atoms with Crippen LogP contribution in [0.3, 0.4) is 0 Å². The summed E-state index contributed by atoms with van der Waals surface area (Å²) < 4.78 is 50.9. The van der Waals surface area contributed by atoms with Crippen LogP contribution in [-0.2, 0) is 26.3 Å². The third kappa shape index (κ3) is 5.22. The molecular formula is C23H26F3N7O2S. The minimum Gasteiger partial charge on any atom is -0.361 e. The van der Waals surface area contributed by atoms with Gasteiger partial charge in [-0.05, 0) is 51.6 Å². The molecule has 9 nitrogen and oxygen atoms in total. The fourth-order valence-corrected chi connectivity index (χ4v) is 5.43. The maximum Gasteiger partial charge on any atom is 0.433 e. The molecule has 4 aromatic rings. The van der Waals surface area contributed by atoms with E-state index in [1.165, 1.54) is 18.4 Å². The van der Waals surface area contributed by atoms with Crippen molar-refractivity contribution in [2.45, 2.75) is 39.5 Å². The standard InChI is InChI=1S/C23H26F3N7O2S/c1-14-21(15(2)34-29-14)22-27-20(30-35-22)13-33-8-4-7-32(9-10-33)12-16-5-6-18(36-16)17-11-19(23(24,25)26)31(3)28-17/h5-6,11H,4,7-10,12-13H2,1-3H3. The molecule has 0 aromatic carbocycles. The van der Waals surface area contributed by atoms with Crippen LogP contribution in [0.2, 0.25) is 0 Å². The van der Waals surface area contributed by atoms with Gasteiger partial charge in [0.05, 0.1) is 17.1 Å². The number of thiophene rings is 1. The third-order valence-electron chi connectivity index (χ3n) is 6.23. The summed E-state index contributed by atoms with van der Waals surface area (Å²) >= 11 is 1.48. The highest BCUT2D eigenvalue weighted by Crippen LogP contribution is 2.34. The van der Waals surface area contributed by atoms with Crippen LogP contribution in [0.25, 0.3) is 22.0 Å². The van der Waals surface area contributed by atoms with E-state index in [-0.39, 0.29) is 0 Å². The van der Waals surface area contributed by atoms with Crippen molar-refractivity contribution in [1.29, 1.82) is 0 Å². The van der Waals surface area contributed by atoms with E-state index in [0.717, 1.165) is 65.2 Å². The second-order valence-corrected chi connectivity index (χ2v) is 10.1. The van der Waals surface area contributed by atoms with E-state index in [4.69, 9.17) is 9.05 Å². The predicted octanol–water partition coefficient (Wildman–Crippen LogP) is 4.53. The lowest BCUT2D eigenvalue weighted by atomic mass is 10.2. The monoisotopic (exact) mass is 521 g/mol. The van der Waals surface area contributed by atoms with Crippen molar-refractivity contribution in [2.24, 2.45) is 7.05 Å². The number of aryl methyl sites for hydroxylation is 3. The summed E-state index contributed by atoms with van der Waals surface area (Å²) in [4.78, 5) is 11.0. The molecule has 5 rings (SSSR count). The number of halogens is 3. The zero-order valence-corrected chi connectivity index (χ0v) is 21.0. The normalized spacial score (nSPS) is 16.1. The summed E-state index contributed by atoms with van der Waals surface area (Å²) in [7, 11) is 1.32. The Bertz CT molecular complexity index is 1320. The van der Waals surface area contributed by atoms with Crippen molar-refractivity contribution in [2.75, 3.05) is 26.2 Å².